The van der Waals surface area contributed by atoms with E-state index >= 15 is 0 Å². The highest BCUT2D eigenvalue weighted by atomic mass is 16.1. The Morgan fingerprint density at radius 3 is 2.83 bits per heavy atom. The number of carbonyl (C=O) groups excluding carboxylic acids is 1. The molecule has 0 fully saturated rings. The fourth-order valence-electron chi connectivity index (χ4n) is 0.622. The van der Waals surface area contributed by atoms with E-state index in [9.17, 15) is 4.79 Å². The molecule has 0 heterocycles. The molecule has 0 aliphatic carbocycles. The Labute approximate surface area is 72.9 Å². The summed E-state index contributed by atoms with van der Waals surface area (Å²) in [5, 5.41) is 2.67. The molecule has 1 amide bonds. The van der Waals surface area contributed by atoms with Gasteiger partial charge >= 0.3 is 0 Å². The number of carbonyl (C=O) groups is 1. The summed E-state index contributed by atoms with van der Waals surface area (Å²) in [6.45, 7) is 9.27. The summed E-state index contributed by atoms with van der Waals surface area (Å²) in [5.41, 5.74) is 0.878. The third kappa shape index (κ3) is 6.74. The van der Waals surface area contributed by atoms with Crippen LogP contribution in [0.5, 0.6) is 0 Å². The van der Waals surface area contributed by atoms with E-state index in [-0.39, 0.29) is 5.91 Å². The van der Waals surface area contributed by atoms with Crippen molar-refractivity contribution in [2.24, 2.45) is 4.99 Å². The molecule has 12 heavy (non-hydrogen) atoms. The number of nitrogens with zero attached hydrogens (tertiary/aromatic N) is 1. The van der Waals surface area contributed by atoms with Crippen molar-refractivity contribution in [3.05, 3.63) is 24.9 Å². The van der Waals surface area contributed by atoms with Crippen LogP contribution < -0.4 is 5.32 Å². The van der Waals surface area contributed by atoms with Gasteiger partial charge in [-0.2, -0.15) is 0 Å². The van der Waals surface area contributed by atoms with Crippen molar-refractivity contribution in [2.45, 2.75) is 13.3 Å². The standard InChI is InChI=1S/C9H14N2O/c1-4-10-7-8(2)5-6-11-9(3)12/h4,7H,1-2,5-6H2,3H3,(H,11,12). The Kier molecular flexibility index (Phi) is 5.61. The van der Waals surface area contributed by atoms with Gasteiger partial charge in [0.15, 0.2) is 0 Å². The van der Waals surface area contributed by atoms with Crippen LogP contribution in [0.3, 0.4) is 0 Å². The van der Waals surface area contributed by atoms with Gasteiger partial charge in [-0.1, -0.05) is 13.2 Å². The molecule has 0 atom stereocenters. The van der Waals surface area contributed by atoms with Crippen LogP contribution in [0.2, 0.25) is 0 Å². The SMILES string of the molecule is C=CN=CC(=C)CCNC(C)=O. The highest BCUT2D eigenvalue weighted by Crippen LogP contribution is 1.91. The van der Waals surface area contributed by atoms with Crippen LogP contribution in [0, 0.1) is 0 Å². The molecule has 1 N–H and O–H groups in total. The third-order valence-electron chi connectivity index (χ3n) is 1.18. The second-order valence-corrected chi connectivity index (χ2v) is 2.35. The Morgan fingerprint density at radius 2 is 2.33 bits per heavy atom. The number of aliphatic imine (C=N–C) groups is 1. The van der Waals surface area contributed by atoms with Gasteiger partial charge in [0, 0.05) is 25.9 Å². The van der Waals surface area contributed by atoms with Crippen molar-refractivity contribution in [1.29, 1.82) is 0 Å². The van der Waals surface area contributed by atoms with Crippen LogP contribution in [0.1, 0.15) is 13.3 Å². The van der Waals surface area contributed by atoms with Gasteiger partial charge in [0.1, 0.15) is 0 Å². The van der Waals surface area contributed by atoms with E-state index in [0.29, 0.717) is 6.54 Å². The second kappa shape index (κ2) is 6.34. The zero-order chi connectivity index (χ0) is 9.40. The first-order valence-corrected chi connectivity index (χ1v) is 3.73. The van der Waals surface area contributed by atoms with E-state index in [0.717, 1.165) is 12.0 Å². The lowest BCUT2D eigenvalue weighted by atomic mass is 10.2. The molecule has 0 bridgehead atoms. The Morgan fingerprint density at radius 1 is 1.67 bits per heavy atom. The van der Waals surface area contributed by atoms with E-state index in [2.05, 4.69) is 23.5 Å². The fraction of sp³-hybridized carbons (Fsp3) is 0.333. The second-order valence-electron chi connectivity index (χ2n) is 2.35. The fourth-order valence-corrected chi connectivity index (χ4v) is 0.622. The number of rotatable bonds is 5. The Bertz CT molecular complexity index is 207. The minimum absolute atomic E-state index is 0.0246. The van der Waals surface area contributed by atoms with E-state index in [1.807, 2.05) is 0 Å². The number of amides is 1. The van der Waals surface area contributed by atoms with Crippen LogP contribution in [0.4, 0.5) is 0 Å². The van der Waals surface area contributed by atoms with Gasteiger partial charge in [-0.05, 0) is 12.0 Å². The van der Waals surface area contributed by atoms with Gasteiger partial charge in [0.25, 0.3) is 0 Å². The van der Waals surface area contributed by atoms with Crippen molar-refractivity contribution < 1.29 is 4.79 Å². The predicted molar refractivity (Wildman–Crippen MR) is 51.1 cm³/mol. The van der Waals surface area contributed by atoms with Gasteiger partial charge in [-0.3, -0.25) is 9.79 Å². The summed E-state index contributed by atoms with van der Waals surface area (Å²) in [5.74, 6) is -0.0246. The lowest BCUT2D eigenvalue weighted by molar-refractivity contribution is -0.118. The van der Waals surface area contributed by atoms with Gasteiger partial charge < -0.3 is 5.32 Å². The molecule has 0 spiro atoms. The zero-order valence-electron chi connectivity index (χ0n) is 7.34. The van der Waals surface area contributed by atoms with Crippen molar-refractivity contribution >= 4 is 12.1 Å². The summed E-state index contributed by atoms with van der Waals surface area (Å²) in [7, 11) is 0. The molecule has 0 aromatic carbocycles. The van der Waals surface area contributed by atoms with Crippen LogP contribution in [0.15, 0.2) is 29.9 Å². The minimum atomic E-state index is -0.0246. The van der Waals surface area contributed by atoms with E-state index in [4.69, 9.17) is 0 Å². The molecule has 0 aliphatic heterocycles. The average molecular weight is 166 g/mol. The number of hydrogen-bond acceptors (Lipinski definition) is 2. The maximum atomic E-state index is 10.4. The normalized spacial score (nSPS) is 9.75. The van der Waals surface area contributed by atoms with Crippen LogP contribution in [-0.2, 0) is 4.79 Å². The van der Waals surface area contributed by atoms with E-state index in [1.54, 1.807) is 6.21 Å². The average Bonchev–Trinajstić information content (AvgIpc) is 2.00. The molecule has 0 rings (SSSR count). The molecule has 66 valence electrons. The van der Waals surface area contributed by atoms with Crippen molar-refractivity contribution in [2.75, 3.05) is 6.54 Å². The molecule has 0 radical (unpaired) electrons. The maximum absolute atomic E-state index is 10.4. The summed E-state index contributed by atoms with van der Waals surface area (Å²) in [4.78, 5) is 14.2. The quantitative estimate of drug-likeness (QED) is 0.614. The molecule has 0 saturated carbocycles. The molecule has 0 aliphatic rings. The van der Waals surface area contributed by atoms with Crippen molar-refractivity contribution in [3.63, 3.8) is 0 Å². The molecule has 3 heteroatoms. The van der Waals surface area contributed by atoms with Crippen LogP contribution in [-0.4, -0.2) is 18.7 Å². The molecular weight excluding hydrogens is 152 g/mol. The zero-order valence-corrected chi connectivity index (χ0v) is 7.34. The number of hydrogen-bond donors (Lipinski definition) is 1. The highest BCUT2D eigenvalue weighted by molar-refractivity contribution is 5.78. The van der Waals surface area contributed by atoms with Crippen LogP contribution >= 0.6 is 0 Å². The topological polar surface area (TPSA) is 41.5 Å². The molecule has 0 aromatic rings. The van der Waals surface area contributed by atoms with Gasteiger partial charge in [0.2, 0.25) is 5.91 Å². The lowest BCUT2D eigenvalue weighted by Gasteiger charge is -1.99. The third-order valence-corrected chi connectivity index (χ3v) is 1.18. The molecule has 0 unspecified atom stereocenters. The van der Waals surface area contributed by atoms with Crippen LogP contribution in [0.25, 0.3) is 0 Å². The summed E-state index contributed by atoms with van der Waals surface area (Å²) in [6, 6.07) is 0. The van der Waals surface area contributed by atoms with Gasteiger partial charge in [0.05, 0.1) is 0 Å². The van der Waals surface area contributed by atoms with E-state index < -0.39 is 0 Å². The predicted octanol–water partition coefficient (Wildman–Crippen LogP) is 1.28. The summed E-state index contributed by atoms with van der Waals surface area (Å²) in [6.07, 6.45) is 3.80. The molecule has 3 nitrogen and oxygen atoms in total. The van der Waals surface area contributed by atoms with Crippen molar-refractivity contribution in [1.82, 2.24) is 5.32 Å². The molecular formula is C9H14N2O. The first-order chi connectivity index (χ1) is 5.66. The van der Waals surface area contributed by atoms with Crippen molar-refractivity contribution in [3.8, 4) is 0 Å². The highest BCUT2D eigenvalue weighted by Gasteiger charge is 1.91. The first kappa shape index (κ1) is 10.6. The number of nitrogens with one attached hydrogen (secondary N) is 1. The smallest absolute Gasteiger partial charge is 0.216 e. The maximum Gasteiger partial charge on any atom is 0.216 e. The van der Waals surface area contributed by atoms with Gasteiger partial charge in [-0.15, -0.1) is 0 Å². The summed E-state index contributed by atoms with van der Waals surface area (Å²) >= 11 is 0. The molecule has 0 saturated heterocycles. The Hall–Kier alpha value is -1.38. The largest absolute Gasteiger partial charge is 0.356 e. The lowest BCUT2D eigenvalue weighted by Crippen LogP contribution is -2.21. The Balaban J connectivity index is 3.50. The first-order valence-electron chi connectivity index (χ1n) is 3.73. The summed E-state index contributed by atoms with van der Waals surface area (Å²) < 4.78 is 0. The molecule has 0 aromatic heterocycles. The minimum Gasteiger partial charge on any atom is -0.356 e. The monoisotopic (exact) mass is 166 g/mol. The van der Waals surface area contributed by atoms with Gasteiger partial charge in [-0.25, -0.2) is 0 Å². The van der Waals surface area contributed by atoms with E-state index in [1.165, 1.54) is 13.1 Å².